The second-order valence-electron chi connectivity index (χ2n) is 8.09. The minimum absolute atomic E-state index is 0.258. The van der Waals surface area contributed by atoms with Gasteiger partial charge < -0.3 is 18.9 Å². The molecule has 2 atom stereocenters. The van der Waals surface area contributed by atoms with E-state index in [-0.39, 0.29) is 18.8 Å². The predicted octanol–water partition coefficient (Wildman–Crippen LogP) is 6.40. The molecule has 0 aromatic heterocycles. The van der Waals surface area contributed by atoms with Crippen molar-refractivity contribution in [3.63, 3.8) is 0 Å². The molecule has 6 nitrogen and oxygen atoms in total. The van der Waals surface area contributed by atoms with Gasteiger partial charge in [0.2, 0.25) is 0 Å². The molecule has 1 fully saturated rings. The van der Waals surface area contributed by atoms with E-state index in [1.807, 2.05) is 0 Å². The van der Waals surface area contributed by atoms with E-state index in [1.54, 1.807) is 6.92 Å². The van der Waals surface area contributed by atoms with E-state index in [2.05, 4.69) is 13.8 Å². The monoisotopic (exact) mass is 400 g/mol. The van der Waals surface area contributed by atoms with Gasteiger partial charge >= 0.3 is 12.3 Å². The highest BCUT2D eigenvalue weighted by atomic mass is 16.7. The second-order valence-corrected chi connectivity index (χ2v) is 8.09. The third-order valence-electron chi connectivity index (χ3n) is 5.01. The Labute approximate surface area is 170 Å². The van der Waals surface area contributed by atoms with Crippen molar-refractivity contribution >= 4 is 12.3 Å². The van der Waals surface area contributed by atoms with Gasteiger partial charge in [-0.15, -0.1) is 0 Å². The van der Waals surface area contributed by atoms with E-state index in [0.717, 1.165) is 38.0 Å². The lowest BCUT2D eigenvalue weighted by atomic mass is 9.95. The molecule has 28 heavy (non-hydrogen) atoms. The number of hydrogen-bond donors (Lipinski definition) is 0. The zero-order chi connectivity index (χ0) is 20.6. The summed E-state index contributed by atoms with van der Waals surface area (Å²) in [5, 5.41) is 0. The summed E-state index contributed by atoms with van der Waals surface area (Å²) in [5.74, 6) is 0.807. The third kappa shape index (κ3) is 12.8. The second kappa shape index (κ2) is 15.5. The molecule has 0 radical (unpaired) electrons. The standard InChI is InChI=1S/C22H40O6/c1-4-25-21(23)27-19-14-12-15-20(17-19)28-22(24)26-16-11-9-7-5-6-8-10-13-18(2)3/h18-20H,4-17H2,1-3H3. The summed E-state index contributed by atoms with van der Waals surface area (Å²) in [6, 6.07) is 0. The zero-order valence-electron chi connectivity index (χ0n) is 18.1. The summed E-state index contributed by atoms with van der Waals surface area (Å²) < 4.78 is 20.6. The molecule has 0 spiro atoms. The Morgan fingerprint density at radius 2 is 1.36 bits per heavy atom. The molecule has 6 heteroatoms. The molecule has 164 valence electrons. The Balaban J connectivity index is 2.00. The van der Waals surface area contributed by atoms with E-state index >= 15 is 0 Å². The molecule has 0 bridgehead atoms. The molecule has 1 saturated carbocycles. The van der Waals surface area contributed by atoms with Crippen LogP contribution >= 0.6 is 0 Å². The van der Waals surface area contributed by atoms with Crippen LogP contribution in [-0.2, 0) is 18.9 Å². The fraction of sp³-hybridized carbons (Fsp3) is 0.909. The van der Waals surface area contributed by atoms with Gasteiger partial charge in [0.25, 0.3) is 0 Å². The van der Waals surface area contributed by atoms with Crippen molar-refractivity contribution in [2.24, 2.45) is 5.92 Å². The normalized spacial score (nSPS) is 19.3. The summed E-state index contributed by atoms with van der Waals surface area (Å²) in [6.07, 6.45) is 10.8. The van der Waals surface area contributed by atoms with Crippen LogP contribution in [0.25, 0.3) is 0 Å². The van der Waals surface area contributed by atoms with Gasteiger partial charge in [-0.25, -0.2) is 9.59 Å². The van der Waals surface area contributed by atoms with Gasteiger partial charge in [0, 0.05) is 6.42 Å². The van der Waals surface area contributed by atoms with E-state index in [1.165, 1.54) is 38.5 Å². The fourth-order valence-electron chi connectivity index (χ4n) is 3.47. The number of hydrogen-bond acceptors (Lipinski definition) is 6. The quantitative estimate of drug-likeness (QED) is 0.263. The lowest BCUT2D eigenvalue weighted by molar-refractivity contribution is -0.0340. The minimum Gasteiger partial charge on any atom is -0.435 e. The van der Waals surface area contributed by atoms with Crippen molar-refractivity contribution in [2.45, 2.75) is 110 Å². The first-order valence-electron chi connectivity index (χ1n) is 11.2. The summed E-state index contributed by atoms with van der Waals surface area (Å²) in [5.41, 5.74) is 0. The predicted molar refractivity (Wildman–Crippen MR) is 108 cm³/mol. The smallest absolute Gasteiger partial charge is 0.435 e. The number of ether oxygens (including phenoxy) is 4. The summed E-state index contributed by atoms with van der Waals surface area (Å²) in [4.78, 5) is 23.2. The van der Waals surface area contributed by atoms with Crippen LogP contribution in [0.1, 0.15) is 97.8 Å². The topological polar surface area (TPSA) is 71.1 Å². The number of carbonyl (C=O) groups excluding carboxylic acids is 2. The maximum atomic E-state index is 11.8. The summed E-state index contributed by atoms with van der Waals surface area (Å²) >= 11 is 0. The highest BCUT2D eigenvalue weighted by Crippen LogP contribution is 2.24. The van der Waals surface area contributed by atoms with Crippen molar-refractivity contribution in [1.82, 2.24) is 0 Å². The van der Waals surface area contributed by atoms with Crippen molar-refractivity contribution in [3.8, 4) is 0 Å². The van der Waals surface area contributed by atoms with Crippen LogP contribution in [0, 0.1) is 5.92 Å². The number of carbonyl (C=O) groups is 2. The Morgan fingerprint density at radius 3 is 1.93 bits per heavy atom. The largest absolute Gasteiger partial charge is 0.508 e. The Kier molecular flexibility index (Phi) is 13.6. The van der Waals surface area contributed by atoms with Crippen LogP contribution in [0.15, 0.2) is 0 Å². The lowest BCUT2D eigenvalue weighted by Crippen LogP contribution is -2.31. The molecule has 1 rings (SSSR count). The first kappa shape index (κ1) is 24.6. The molecule has 0 amide bonds. The van der Waals surface area contributed by atoms with Crippen molar-refractivity contribution in [1.29, 1.82) is 0 Å². The van der Waals surface area contributed by atoms with Gasteiger partial charge in [0.1, 0.15) is 12.2 Å². The van der Waals surface area contributed by atoms with Gasteiger partial charge in [-0.2, -0.15) is 0 Å². The van der Waals surface area contributed by atoms with Crippen LogP contribution in [0.4, 0.5) is 9.59 Å². The highest BCUT2D eigenvalue weighted by Gasteiger charge is 2.28. The number of rotatable bonds is 13. The summed E-state index contributed by atoms with van der Waals surface area (Å²) in [7, 11) is 0. The average molecular weight is 401 g/mol. The van der Waals surface area contributed by atoms with E-state index in [9.17, 15) is 9.59 Å². The van der Waals surface area contributed by atoms with Gasteiger partial charge in [0.05, 0.1) is 13.2 Å². The van der Waals surface area contributed by atoms with Crippen molar-refractivity contribution < 1.29 is 28.5 Å². The molecular formula is C22H40O6. The first-order valence-corrected chi connectivity index (χ1v) is 11.2. The van der Waals surface area contributed by atoms with E-state index in [0.29, 0.717) is 13.0 Å². The number of unbranched alkanes of at least 4 members (excludes halogenated alkanes) is 6. The van der Waals surface area contributed by atoms with E-state index in [4.69, 9.17) is 18.9 Å². The molecule has 0 aromatic rings. The van der Waals surface area contributed by atoms with Gasteiger partial charge in [-0.3, -0.25) is 0 Å². The lowest BCUT2D eigenvalue weighted by Gasteiger charge is -2.27. The molecule has 0 saturated heterocycles. The molecule has 0 N–H and O–H groups in total. The maximum absolute atomic E-state index is 11.8. The van der Waals surface area contributed by atoms with Gasteiger partial charge in [-0.05, 0) is 38.5 Å². The minimum atomic E-state index is -0.657. The molecule has 1 aliphatic rings. The Morgan fingerprint density at radius 1 is 0.821 bits per heavy atom. The van der Waals surface area contributed by atoms with E-state index < -0.39 is 12.3 Å². The Bertz CT molecular complexity index is 423. The van der Waals surface area contributed by atoms with Crippen LogP contribution in [0.3, 0.4) is 0 Å². The first-order chi connectivity index (χ1) is 13.5. The SMILES string of the molecule is CCOC(=O)OC1CCCC(OC(=O)OCCCCCCCCCC(C)C)C1. The zero-order valence-corrected chi connectivity index (χ0v) is 18.1. The van der Waals surface area contributed by atoms with Gasteiger partial charge in [0.15, 0.2) is 0 Å². The average Bonchev–Trinajstić information content (AvgIpc) is 2.63. The van der Waals surface area contributed by atoms with Crippen LogP contribution < -0.4 is 0 Å². The highest BCUT2D eigenvalue weighted by molar-refractivity contribution is 5.60. The molecule has 0 aromatic carbocycles. The van der Waals surface area contributed by atoms with Crippen LogP contribution in [-0.4, -0.2) is 37.7 Å². The van der Waals surface area contributed by atoms with Crippen LogP contribution in [0.5, 0.6) is 0 Å². The third-order valence-corrected chi connectivity index (χ3v) is 5.01. The van der Waals surface area contributed by atoms with Crippen molar-refractivity contribution in [2.75, 3.05) is 13.2 Å². The van der Waals surface area contributed by atoms with Crippen molar-refractivity contribution in [3.05, 3.63) is 0 Å². The molecule has 1 aliphatic carbocycles. The molecule has 2 unspecified atom stereocenters. The Hall–Kier alpha value is -1.46. The van der Waals surface area contributed by atoms with Gasteiger partial charge in [-0.1, -0.05) is 58.8 Å². The summed E-state index contributed by atoms with van der Waals surface area (Å²) in [6.45, 7) is 6.97. The molecular weight excluding hydrogens is 360 g/mol. The molecule has 0 aliphatic heterocycles. The van der Waals surface area contributed by atoms with Crippen LogP contribution in [0.2, 0.25) is 0 Å². The molecule has 0 heterocycles. The maximum Gasteiger partial charge on any atom is 0.508 e. The fourth-order valence-corrected chi connectivity index (χ4v) is 3.47.